The molecule has 1 aromatic carbocycles. The lowest BCUT2D eigenvalue weighted by molar-refractivity contribution is 0.0994. The van der Waals surface area contributed by atoms with Gasteiger partial charge in [0.05, 0.1) is 5.69 Å². The van der Waals surface area contributed by atoms with Gasteiger partial charge in [0, 0.05) is 21.0 Å². The number of aromatic nitrogens is 1. The Labute approximate surface area is 141 Å². The Balaban J connectivity index is 1.67. The molecule has 6 heteroatoms. The number of nitrogens with one attached hydrogen (secondary N) is 1. The topological polar surface area (TPSA) is 68.3 Å². The van der Waals surface area contributed by atoms with Crippen molar-refractivity contribution in [3.05, 3.63) is 45.3 Å². The molecule has 1 N–H and O–H groups in total. The second kappa shape index (κ2) is 5.53. The number of carbonyl (C=O) groups is 1. The van der Waals surface area contributed by atoms with E-state index < -0.39 is 0 Å². The minimum Gasteiger partial charge on any atom is -0.451 e. The third kappa shape index (κ3) is 2.47. The number of rotatable bonds is 2. The highest BCUT2D eigenvalue weighted by atomic mass is 79.9. The zero-order valence-electron chi connectivity index (χ0n) is 12.6. The van der Waals surface area contributed by atoms with Crippen LogP contribution in [0.4, 0.5) is 5.88 Å². The van der Waals surface area contributed by atoms with Gasteiger partial charge in [0.2, 0.25) is 5.88 Å². The molecule has 1 aliphatic rings. The van der Waals surface area contributed by atoms with E-state index in [1.54, 1.807) is 0 Å². The number of amides is 1. The molecule has 0 fully saturated rings. The zero-order valence-corrected chi connectivity index (χ0v) is 14.2. The number of aryl methyl sites for hydroxylation is 2. The number of halogens is 1. The number of nitrogens with zero attached hydrogens (tertiary/aromatic N) is 1. The van der Waals surface area contributed by atoms with Crippen LogP contribution in [0.5, 0.6) is 0 Å². The fourth-order valence-corrected chi connectivity index (χ4v) is 3.40. The molecule has 0 spiro atoms. The monoisotopic (exact) mass is 374 g/mol. The smallest absolute Gasteiger partial charge is 0.294 e. The fraction of sp³-hybridized carbons (Fsp3) is 0.294. The number of hydrogen-bond acceptors (Lipinski definition) is 4. The van der Waals surface area contributed by atoms with Gasteiger partial charge in [-0.3, -0.25) is 10.1 Å². The molecule has 5 nitrogen and oxygen atoms in total. The highest BCUT2D eigenvalue weighted by molar-refractivity contribution is 9.10. The molecule has 4 rings (SSSR count). The molecule has 0 bridgehead atoms. The summed E-state index contributed by atoms with van der Waals surface area (Å²) < 4.78 is 12.0. The first-order chi connectivity index (χ1) is 11.1. The van der Waals surface area contributed by atoms with E-state index in [0.717, 1.165) is 52.4 Å². The molecule has 0 radical (unpaired) electrons. The van der Waals surface area contributed by atoms with Crippen molar-refractivity contribution in [2.75, 3.05) is 5.32 Å². The molecule has 0 saturated carbocycles. The quantitative estimate of drug-likeness (QED) is 0.710. The Bertz CT molecular complexity index is 910. The maximum Gasteiger partial charge on any atom is 0.294 e. The Morgan fingerprint density at radius 3 is 3.00 bits per heavy atom. The van der Waals surface area contributed by atoms with E-state index in [4.69, 9.17) is 8.94 Å². The molecule has 0 atom stereocenters. The second-order valence-electron chi connectivity index (χ2n) is 5.79. The van der Waals surface area contributed by atoms with Crippen molar-refractivity contribution in [3.63, 3.8) is 0 Å². The van der Waals surface area contributed by atoms with Crippen molar-refractivity contribution in [2.24, 2.45) is 0 Å². The normalized spacial score (nSPS) is 14.0. The zero-order chi connectivity index (χ0) is 16.0. The van der Waals surface area contributed by atoms with Gasteiger partial charge in [-0.25, -0.2) is 0 Å². The van der Waals surface area contributed by atoms with Crippen LogP contribution < -0.4 is 5.32 Å². The molecule has 1 amide bonds. The predicted octanol–water partition coefficient (Wildman–Crippen LogP) is 4.62. The summed E-state index contributed by atoms with van der Waals surface area (Å²) in [6.45, 7) is 1.88. The van der Waals surface area contributed by atoms with Crippen LogP contribution in [-0.4, -0.2) is 11.1 Å². The van der Waals surface area contributed by atoms with Crippen molar-refractivity contribution in [2.45, 2.75) is 32.6 Å². The fourth-order valence-electron chi connectivity index (χ4n) is 3.06. The van der Waals surface area contributed by atoms with Gasteiger partial charge < -0.3 is 8.94 Å². The van der Waals surface area contributed by atoms with E-state index in [9.17, 15) is 4.79 Å². The molecular formula is C17H15BrN2O3. The lowest BCUT2D eigenvalue weighted by Crippen LogP contribution is -2.13. The van der Waals surface area contributed by atoms with E-state index in [0.29, 0.717) is 17.2 Å². The standard InChI is InChI=1S/C17H15BrN2O3/c1-9-11-7-6-10(18)8-14(11)22-15(9)16(21)19-17-12-4-2-3-5-13(12)20-23-17/h6-8H,2-5H2,1H3,(H,19,21). The summed E-state index contributed by atoms with van der Waals surface area (Å²) in [5, 5.41) is 7.79. The average Bonchev–Trinajstić information content (AvgIpc) is 3.09. The summed E-state index contributed by atoms with van der Waals surface area (Å²) in [5.74, 6) is 0.448. The molecule has 2 heterocycles. The number of benzene rings is 1. The molecule has 2 aromatic heterocycles. The number of furan rings is 1. The van der Waals surface area contributed by atoms with Gasteiger partial charge in [-0.05, 0) is 50.8 Å². The highest BCUT2D eigenvalue weighted by Gasteiger charge is 2.24. The van der Waals surface area contributed by atoms with E-state index in [1.165, 1.54) is 0 Å². The van der Waals surface area contributed by atoms with Gasteiger partial charge in [-0.2, -0.15) is 0 Å². The number of fused-ring (bicyclic) bond motifs is 2. The largest absolute Gasteiger partial charge is 0.451 e. The Morgan fingerprint density at radius 1 is 1.30 bits per heavy atom. The summed E-state index contributed by atoms with van der Waals surface area (Å²) >= 11 is 3.41. The summed E-state index contributed by atoms with van der Waals surface area (Å²) in [6.07, 6.45) is 4.01. The minimum atomic E-state index is -0.306. The molecule has 0 aliphatic heterocycles. The Kier molecular flexibility index (Phi) is 3.49. The third-order valence-corrected chi connectivity index (χ3v) is 4.79. The Morgan fingerprint density at radius 2 is 2.13 bits per heavy atom. The molecule has 118 valence electrons. The van der Waals surface area contributed by atoms with Gasteiger partial charge in [-0.1, -0.05) is 21.1 Å². The molecule has 0 saturated heterocycles. The maximum atomic E-state index is 12.6. The second-order valence-corrected chi connectivity index (χ2v) is 6.71. The number of anilines is 1. The van der Waals surface area contributed by atoms with E-state index in [1.807, 2.05) is 25.1 Å². The first-order valence-corrected chi connectivity index (χ1v) is 8.40. The molecular weight excluding hydrogens is 360 g/mol. The van der Waals surface area contributed by atoms with Crippen LogP contribution >= 0.6 is 15.9 Å². The molecule has 1 aliphatic carbocycles. The van der Waals surface area contributed by atoms with Gasteiger partial charge in [0.25, 0.3) is 5.91 Å². The maximum absolute atomic E-state index is 12.6. The lowest BCUT2D eigenvalue weighted by Gasteiger charge is -2.09. The van der Waals surface area contributed by atoms with Crippen LogP contribution in [0.2, 0.25) is 0 Å². The summed E-state index contributed by atoms with van der Waals surface area (Å²) in [7, 11) is 0. The highest BCUT2D eigenvalue weighted by Crippen LogP contribution is 2.30. The van der Waals surface area contributed by atoms with E-state index in [2.05, 4.69) is 26.4 Å². The first kappa shape index (κ1) is 14.5. The van der Waals surface area contributed by atoms with Crippen LogP contribution in [-0.2, 0) is 12.8 Å². The SMILES string of the molecule is Cc1c(C(=O)Nc2onc3c2CCCC3)oc2cc(Br)ccc12. The van der Waals surface area contributed by atoms with Gasteiger partial charge in [0.15, 0.2) is 5.76 Å². The van der Waals surface area contributed by atoms with Gasteiger partial charge in [-0.15, -0.1) is 0 Å². The van der Waals surface area contributed by atoms with Crippen molar-refractivity contribution in [1.82, 2.24) is 5.16 Å². The summed E-state index contributed by atoms with van der Waals surface area (Å²) in [5.41, 5.74) is 3.47. The van der Waals surface area contributed by atoms with Crippen molar-refractivity contribution in [3.8, 4) is 0 Å². The van der Waals surface area contributed by atoms with Crippen LogP contribution in [0.25, 0.3) is 11.0 Å². The van der Waals surface area contributed by atoms with Crippen molar-refractivity contribution >= 4 is 38.7 Å². The molecule has 0 unspecified atom stereocenters. The Hall–Kier alpha value is -2.08. The lowest BCUT2D eigenvalue weighted by atomic mass is 9.98. The summed E-state index contributed by atoms with van der Waals surface area (Å²) in [6, 6.07) is 5.72. The van der Waals surface area contributed by atoms with Gasteiger partial charge >= 0.3 is 0 Å². The van der Waals surface area contributed by atoms with Crippen LogP contribution in [0.3, 0.4) is 0 Å². The van der Waals surface area contributed by atoms with Gasteiger partial charge in [0.1, 0.15) is 5.58 Å². The number of hydrogen-bond donors (Lipinski definition) is 1. The van der Waals surface area contributed by atoms with Crippen LogP contribution in [0.1, 0.15) is 40.2 Å². The molecule has 3 aromatic rings. The average molecular weight is 375 g/mol. The summed E-state index contributed by atoms with van der Waals surface area (Å²) in [4.78, 5) is 12.6. The van der Waals surface area contributed by atoms with E-state index >= 15 is 0 Å². The first-order valence-electron chi connectivity index (χ1n) is 7.61. The third-order valence-electron chi connectivity index (χ3n) is 4.29. The van der Waals surface area contributed by atoms with Crippen LogP contribution in [0, 0.1) is 6.92 Å². The van der Waals surface area contributed by atoms with E-state index in [-0.39, 0.29) is 5.91 Å². The van der Waals surface area contributed by atoms with Crippen molar-refractivity contribution in [1.29, 1.82) is 0 Å². The van der Waals surface area contributed by atoms with Crippen LogP contribution in [0.15, 0.2) is 31.6 Å². The minimum absolute atomic E-state index is 0.305. The number of carbonyl (C=O) groups excluding carboxylic acids is 1. The molecule has 23 heavy (non-hydrogen) atoms. The predicted molar refractivity (Wildman–Crippen MR) is 89.7 cm³/mol. The van der Waals surface area contributed by atoms with Crippen molar-refractivity contribution < 1.29 is 13.7 Å².